The molecule has 0 amide bonds. The number of amidine groups is 2. The Labute approximate surface area is 157 Å². The first-order chi connectivity index (χ1) is 12.7. The van der Waals surface area contributed by atoms with Crippen LogP contribution >= 0.6 is 0 Å². The maximum absolute atomic E-state index is 13.9. The molecule has 2 aromatic carbocycles. The first-order valence-corrected chi connectivity index (χ1v) is 9.03. The van der Waals surface area contributed by atoms with E-state index in [1.807, 2.05) is 24.3 Å². The van der Waals surface area contributed by atoms with Crippen molar-refractivity contribution in [3.63, 3.8) is 0 Å². The summed E-state index contributed by atoms with van der Waals surface area (Å²) in [6.07, 6.45) is 0.947. The van der Waals surface area contributed by atoms with Gasteiger partial charge >= 0.3 is 5.97 Å². The minimum Gasteiger partial charge on any atom is -0.481 e. The highest BCUT2D eigenvalue weighted by atomic mass is 19.1. The van der Waals surface area contributed by atoms with Gasteiger partial charge in [-0.3, -0.25) is 20.5 Å². The average Bonchev–Trinajstić information content (AvgIpc) is 3.43. The second kappa shape index (κ2) is 7.10. The Kier molecular flexibility index (Phi) is 5.00. The molecule has 5 nitrogen and oxygen atoms in total. The van der Waals surface area contributed by atoms with Crippen LogP contribution in [0.15, 0.2) is 36.4 Å². The van der Waals surface area contributed by atoms with Gasteiger partial charge in [0.25, 0.3) is 6.09 Å². The summed E-state index contributed by atoms with van der Waals surface area (Å²) in [7, 11) is 0. The number of benzene rings is 2. The molecule has 1 saturated carbocycles. The molecular weight excluding hydrogens is 345 g/mol. The van der Waals surface area contributed by atoms with Crippen LogP contribution in [0, 0.1) is 16.2 Å². The number of nitrogens with zero attached hydrogens (tertiary/aromatic N) is 1. The zero-order chi connectivity index (χ0) is 19.8. The van der Waals surface area contributed by atoms with E-state index in [1.165, 1.54) is 32.3 Å². The lowest BCUT2D eigenvalue weighted by Crippen LogP contribution is -2.38. The molecule has 1 fully saturated rings. The molecule has 0 radical (unpaired) electrons. The SMILES string of the molecule is CC(C)(CC(=N)N(Cc1ccc(C2CC2)c2ccccc12)C(=N)F)C(=O)O. The third kappa shape index (κ3) is 3.99. The van der Waals surface area contributed by atoms with E-state index in [9.17, 15) is 14.3 Å². The summed E-state index contributed by atoms with van der Waals surface area (Å²) < 4.78 is 13.9. The van der Waals surface area contributed by atoms with Crippen molar-refractivity contribution in [3.05, 3.63) is 47.5 Å². The minimum absolute atomic E-state index is 0.0231. The van der Waals surface area contributed by atoms with Gasteiger partial charge in [-0.25, -0.2) is 0 Å². The Bertz CT molecular complexity index is 919. The lowest BCUT2D eigenvalue weighted by molar-refractivity contribution is -0.146. The third-order valence-electron chi connectivity index (χ3n) is 5.14. The molecule has 1 aliphatic rings. The number of hydrogen-bond donors (Lipinski definition) is 3. The van der Waals surface area contributed by atoms with Crippen LogP contribution in [0.4, 0.5) is 4.39 Å². The highest BCUT2D eigenvalue weighted by molar-refractivity contribution is 5.97. The Morgan fingerprint density at radius 3 is 2.37 bits per heavy atom. The van der Waals surface area contributed by atoms with Crippen molar-refractivity contribution < 1.29 is 14.3 Å². The summed E-state index contributed by atoms with van der Waals surface area (Å²) >= 11 is 0. The number of fused-ring (bicyclic) bond motifs is 1. The van der Waals surface area contributed by atoms with Gasteiger partial charge in [0.1, 0.15) is 5.84 Å². The molecule has 0 saturated heterocycles. The van der Waals surface area contributed by atoms with Crippen LogP contribution in [0.2, 0.25) is 0 Å². The van der Waals surface area contributed by atoms with E-state index in [-0.39, 0.29) is 18.8 Å². The number of carbonyl (C=O) groups is 1. The summed E-state index contributed by atoms with van der Waals surface area (Å²) in [4.78, 5) is 12.3. The molecule has 2 aromatic rings. The Balaban J connectivity index is 1.91. The van der Waals surface area contributed by atoms with Crippen LogP contribution in [0.25, 0.3) is 10.8 Å². The summed E-state index contributed by atoms with van der Waals surface area (Å²) in [6.45, 7) is 3.00. The summed E-state index contributed by atoms with van der Waals surface area (Å²) in [5.41, 5.74) is 0.900. The molecule has 1 aliphatic carbocycles. The highest BCUT2D eigenvalue weighted by Crippen LogP contribution is 2.43. The molecule has 0 aromatic heterocycles. The Morgan fingerprint density at radius 2 is 1.81 bits per heavy atom. The van der Waals surface area contributed by atoms with Crippen molar-refractivity contribution in [1.82, 2.24) is 4.90 Å². The van der Waals surface area contributed by atoms with E-state index in [2.05, 4.69) is 12.1 Å². The molecule has 142 valence electrons. The largest absolute Gasteiger partial charge is 0.481 e. The van der Waals surface area contributed by atoms with E-state index >= 15 is 0 Å². The topological polar surface area (TPSA) is 88.2 Å². The number of carboxylic acid groups (broad SMARTS) is 1. The van der Waals surface area contributed by atoms with E-state index < -0.39 is 17.5 Å². The number of rotatable bonds is 6. The van der Waals surface area contributed by atoms with E-state index in [0.717, 1.165) is 21.2 Å². The van der Waals surface area contributed by atoms with Gasteiger partial charge in [0.05, 0.1) is 12.0 Å². The first-order valence-electron chi connectivity index (χ1n) is 9.03. The fraction of sp³-hybridized carbons (Fsp3) is 0.381. The first kappa shape index (κ1) is 19.0. The lowest BCUT2D eigenvalue weighted by Gasteiger charge is -2.27. The van der Waals surface area contributed by atoms with Crippen LogP contribution in [-0.4, -0.2) is 27.9 Å². The zero-order valence-corrected chi connectivity index (χ0v) is 15.6. The van der Waals surface area contributed by atoms with E-state index in [1.54, 1.807) is 0 Å². The van der Waals surface area contributed by atoms with Crippen molar-refractivity contribution in [2.24, 2.45) is 5.41 Å². The van der Waals surface area contributed by atoms with Crippen LogP contribution in [0.5, 0.6) is 0 Å². The molecule has 3 N–H and O–H groups in total. The van der Waals surface area contributed by atoms with Crippen LogP contribution in [0.3, 0.4) is 0 Å². The van der Waals surface area contributed by atoms with Gasteiger partial charge in [0, 0.05) is 6.42 Å². The molecule has 27 heavy (non-hydrogen) atoms. The number of halogens is 1. The Hall–Kier alpha value is -2.76. The summed E-state index contributed by atoms with van der Waals surface area (Å²) in [6, 6.07) is 11.9. The maximum Gasteiger partial charge on any atom is 0.309 e. The van der Waals surface area contributed by atoms with Gasteiger partial charge in [0.15, 0.2) is 0 Å². The second-order valence-corrected chi connectivity index (χ2v) is 7.82. The van der Waals surface area contributed by atoms with E-state index in [0.29, 0.717) is 5.92 Å². The molecule has 3 rings (SSSR count). The van der Waals surface area contributed by atoms with Crippen LogP contribution < -0.4 is 0 Å². The Morgan fingerprint density at radius 1 is 1.19 bits per heavy atom. The summed E-state index contributed by atoms with van der Waals surface area (Å²) in [5.74, 6) is -0.698. The molecular formula is C21H24FN3O2. The van der Waals surface area contributed by atoms with Crippen molar-refractivity contribution in [2.75, 3.05) is 0 Å². The number of carboxylic acids is 1. The van der Waals surface area contributed by atoms with Gasteiger partial charge in [0.2, 0.25) is 0 Å². The fourth-order valence-electron chi connectivity index (χ4n) is 3.32. The predicted octanol–water partition coefficient (Wildman–Crippen LogP) is 4.90. The maximum atomic E-state index is 13.9. The quantitative estimate of drug-likeness (QED) is 0.384. The van der Waals surface area contributed by atoms with Gasteiger partial charge in [-0.05, 0) is 54.5 Å². The van der Waals surface area contributed by atoms with Gasteiger partial charge in [-0.1, -0.05) is 36.4 Å². The molecule has 0 atom stereocenters. The molecule has 0 unspecified atom stereocenters. The van der Waals surface area contributed by atoms with E-state index in [4.69, 9.17) is 10.8 Å². The standard InChI is InChI=1S/C21H24FN3O2/c1-21(2,19(26)27)11-18(23)25(20(22)24)12-14-9-10-16(13-7-8-13)17-6-4-3-5-15(14)17/h3-6,9-10,13,23-24H,7-8,11-12H2,1-2H3,(H,26,27). The monoisotopic (exact) mass is 369 g/mol. The molecule has 0 bridgehead atoms. The zero-order valence-electron chi connectivity index (χ0n) is 15.6. The lowest BCUT2D eigenvalue weighted by atomic mass is 9.88. The molecule has 0 aliphatic heterocycles. The molecule has 0 heterocycles. The van der Waals surface area contributed by atoms with Gasteiger partial charge < -0.3 is 5.11 Å². The average molecular weight is 369 g/mol. The highest BCUT2D eigenvalue weighted by Gasteiger charge is 2.32. The third-order valence-corrected chi connectivity index (χ3v) is 5.14. The van der Waals surface area contributed by atoms with Crippen molar-refractivity contribution in [3.8, 4) is 0 Å². The van der Waals surface area contributed by atoms with Crippen LogP contribution in [-0.2, 0) is 11.3 Å². The van der Waals surface area contributed by atoms with Crippen molar-refractivity contribution in [2.45, 2.75) is 45.6 Å². The van der Waals surface area contributed by atoms with Gasteiger partial charge in [-0.15, -0.1) is 0 Å². The predicted molar refractivity (Wildman–Crippen MR) is 104 cm³/mol. The van der Waals surface area contributed by atoms with Crippen LogP contribution in [0.1, 0.15) is 50.2 Å². The number of hydrogen-bond acceptors (Lipinski definition) is 3. The molecule has 6 heteroatoms. The smallest absolute Gasteiger partial charge is 0.309 e. The number of aliphatic carboxylic acids is 1. The minimum atomic E-state index is -1.25. The van der Waals surface area contributed by atoms with Crippen molar-refractivity contribution in [1.29, 1.82) is 10.8 Å². The van der Waals surface area contributed by atoms with Crippen molar-refractivity contribution >= 4 is 28.7 Å². The molecule has 0 spiro atoms. The normalized spacial score (nSPS) is 14.2. The van der Waals surface area contributed by atoms with Gasteiger partial charge in [-0.2, -0.15) is 4.39 Å². The fourth-order valence-corrected chi connectivity index (χ4v) is 3.32. The summed E-state index contributed by atoms with van der Waals surface area (Å²) in [5, 5.41) is 27.0. The second-order valence-electron chi connectivity index (χ2n) is 7.82. The number of nitrogens with one attached hydrogen (secondary N) is 2.